The van der Waals surface area contributed by atoms with Crippen LogP contribution in [-0.4, -0.2) is 31.9 Å². The molecule has 2 amide bonds. The molecule has 0 spiro atoms. The van der Waals surface area contributed by atoms with Crippen molar-refractivity contribution in [1.29, 1.82) is 0 Å². The van der Waals surface area contributed by atoms with E-state index in [1.54, 1.807) is 36.5 Å². The van der Waals surface area contributed by atoms with E-state index in [2.05, 4.69) is 25.6 Å². The lowest BCUT2D eigenvalue weighted by Crippen LogP contribution is -2.25. The van der Waals surface area contributed by atoms with Crippen LogP contribution in [0, 0.1) is 11.7 Å². The molecule has 0 radical (unpaired) electrons. The molecule has 1 aliphatic rings. The van der Waals surface area contributed by atoms with Gasteiger partial charge in [0.05, 0.1) is 22.8 Å². The lowest BCUT2D eigenvalue weighted by Gasteiger charge is -2.20. The quantitative estimate of drug-likeness (QED) is 0.316. The average Bonchev–Trinajstić information content (AvgIpc) is 3.28. The van der Waals surface area contributed by atoms with Gasteiger partial charge in [-0.25, -0.2) is 14.4 Å². The van der Waals surface area contributed by atoms with Gasteiger partial charge >= 0.3 is 0 Å². The van der Waals surface area contributed by atoms with Gasteiger partial charge in [-0.2, -0.15) is 0 Å². The maximum atomic E-state index is 13.9. The van der Waals surface area contributed by atoms with Gasteiger partial charge in [0.1, 0.15) is 23.2 Å². The minimum Gasteiger partial charge on any atom is -0.508 e. The largest absolute Gasteiger partial charge is 0.508 e. The van der Waals surface area contributed by atoms with Crippen LogP contribution < -0.4 is 10.6 Å². The summed E-state index contributed by atoms with van der Waals surface area (Å²) in [4.78, 5) is 37.0. The minimum absolute atomic E-state index is 0.0112. The number of amides is 2. The molecule has 4 N–H and O–H groups in total. The molecular formula is C26H24FN5O3. The molecule has 8 nitrogen and oxygen atoms in total. The third-order valence-corrected chi connectivity index (χ3v) is 6.21. The maximum absolute atomic E-state index is 13.9. The number of rotatable bonds is 5. The van der Waals surface area contributed by atoms with Crippen molar-refractivity contribution < 1.29 is 19.1 Å². The molecule has 2 heterocycles. The zero-order chi connectivity index (χ0) is 24.4. The number of carbonyl (C=O) groups is 2. The van der Waals surface area contributed by atoms with Gasteiger partial charge in [0.2, 0.25) is 5.91 Å². The van der Waals surface area contributed by atoms with Crippen LogP contribution in [0.4, 0.5) is 15.9 Å². The van der Waals surface area contributed by atoms with Crippen LogP contribution in [0.3, 0.4) is 0 Å². The highest BCUT2D eigenvalue weighted by Crippen LogP contribution is 2.26. The first kappa shape index (κ1) is 22.5. The Kier molecular flexibility index (Phi) is 6.13. The Labute approximate surface area is 200 Å². The molecule has 2 aromatic heterocycles. The molecule has 2 aromatic carbocycles. The summed E-state index contributed by atoms with van der Waals surface area (Å²) in [6.07, 6.45) is 6.84. The normalized spacial score (nSPS) is 14.1. The summed E-state index contributed by atoms with van der Waals surface area (Å²) in [6, 6.07) is 12.0. The van der Waals surface area contributed by atoms with Crippen molar-refractivity contribution in [2.45, 2.75) is 32.1 Å². The van der Waals surface area contributed by atoms with E-state index in [-0.39, 0.29) is 23.1 Å². The zero-order valence-electron chi connectivity index (χ0n) is 18.8. The van der Waals surface area contributed by atoms with Gasteiger partial charge in [-0.1, -0.05) is 19.3 Å². The predicted molar refractivity (Wildman–Crippen MR) is 131 cm³/mol. The van der Waals surface area contributed by atoms with Crippen LogP contribution in [0.5, 0.6) is 5.75 Å². The van der Waals surface area contributed by atoms with E-state index in [1.807, 2.05) is 0 Å². The van der Waals surface area contributed by atoms with E-state index in [0.717, 1.165) is 42.8 Å². The number of pyridine rings is 1. The SMILES string of the molecule is O=C(Nc1ccc(-c2nc3cc(NC(=O)C4CCCCC4)ncc3[nH]2)cc1)c1ccc(O)cc1F. The van der Waals surface area contributed by atoms with Gasteiger partial charge < -0.3 is 20.7 Å². The van der Waals surface area contributed by atoms with Crippen LogP contribution >= 0.6 is 0 Å². The molecule has 1 fully saturated rings. The van der Waals surface area contributed by atoms with Gasteiger partial charge in [-0.15, -0.1) is 0 Å². The molecule has 0 unspecified atom stereocenters. The number of benzene rings is 2. The Hall–Kier alpha value is -4.27. The average molecular weight is 474 g/mol. The van der Waals surface area contributed by atoms with Crippen LogP contribution in [0.1, 0.15) is 42.5 Å². The van der Waals surface area contributed by atoms with Crippen LogP contribution in [0.2, 0.25) is 0 Å². The molecule has 5 rings (SSSR count). The molecule has 178 valence electrons. The van der Waals surface area contributed by atoms with Gasteiger partial charge in [-0.05, 0) is 49.2 Å². The summed E-state index contributed by atoms with van der Waals surface area (Å²) in [7, 11) is 0. The number of halogens is 1. The van der Waals surface area contributed by atoms with Gasteiger partial charge in [0.25, 0.3) is 5.91 Å². The number of hydrogen-bond acceptors (Lipinski definition) is 5. The van der Waals surface area contributed by atoms with Crippen molar-refractivity contribution in [3.05, 3.63) is 66.1 Å². The molecule has 0 saturated heterocycles. The highest BCUT2D eigenvalue weighted by molar-refractivity contribution is 6.04. The van der Waals surface area contributed by atoms with E-state index in [0.29, 0.717) is 22.8 Å². The van der Waals surface area contributed by atoms with E-state index in [1.165, 1.54) is 18.6 Å². The summed E-state index contributed by atoms with van der Waals surface area (Å²) in [5.41, 5.74) is 2.51. The fraction of sp³-hybridized carbons (Fsp3) is 0.231. The van der Waals surface area contributed by atoms with E-state index in [4.69, 9.17) is 0 Å². The number of aromatic amines is 1. The second kappa shape index (κ2) is 9.54. The van der Waals surface area contributed by atoms with Crippen molar-refractivity contribution in [2.24, 2.45) is 5.92 Å². The standard InChI is InChI=1S/C26H24FN5O3/c27-20-12-18(33)10-11-19(20)26(35)29-17-8-6-15(7-9-17)24-30-21-13-23(28-14-22(21)31-24)32-25(34)16-4-2-1-3-5-16/h6-14,16,33H,1-5H2,(H,29,35)(H,30,31)(H,28,32,34). The van der Waals surface area contributed by atoms with Crippen molar-refractivity contribution in [2.75, 3.05) is 10.6 Å². The second-order valence-corrected chi connectivity index (χ2v) is 8.69. The highest BCUT2D eigenvalue weighted by Gasteiger charge is 2.21. The Bertz CT molecular complexity index is 1390. The molecule has 1 saturated carbocycles. The summed E-state index contributed by atoms with van der Waals surface area (Å²) < 4.78 is 13.9. The Morgan fingerprint density at radius 1 is 1.00 bits per heavy atom. The molecule has 0 aliphatic heterocycles. The summed E-state index contributed by atoms with van der Waals surface area (Å²) in [5, 5.41) is 14.9. The predicted octanol–water partition coefficient (Wildman–Crippen LogP) is 5.24. The fourth-order valence-electron chi connectivity index (χ4n) is 4.31. The molecule has 9 heteroatoms. The number of aromatic hydroxyl groups is 1. The first-order chi connectivity index (χ1) is 17.0. The second-order valence-electron chi connectivity index (χ2n) is 8.69. The van der Waals surface area contributed by atoms with Crippen molar-refractivity contribution >= 4 is 34.4 Å². The number of H-pyrrole nitrogens is 1. The number of carbonyl (C=O) groups excluding carboxylic acids is 2. The Morgan fingerprint density at radius 3 is 2.51 bits per heavy atom. The van der Waals surface area contributed by atoms with Crippen molar-refractivity contribution in [1.82, 2.24) is 15.0 Å². The highest BCUT2D eigenvalue weighted by atomic mass is 19.1. The topological polar surface area (TPSA) is 120 Å². The molecule has 0 atom stereocenters. The number of imidazole rings is 1. The third-order valence-electron chi connectivity index (χ3n) is 6.21. The molecule has 0 bridgehead atoms. The number of phenolic OH excluding ortho intramolecular Hbond substituents is 1. The van der Waals surface area contributed by atoms with Gasteiger partial charge in [0, 0.05) is 29.3 Å². The Morgan fingerprint density at radius 2 is 1.77 bits per heavy atom. The number of phenols is 1. The molecule has 4 aromatic rings. The molecule has 35 heavy (non-hydrogen) atoms. The number of anilines is 2. The number of nitrogens with zero attached hydrogens (tertiary/aromatic N) is 2. The van der Waals surface area contributed by atoms with Gasteiger partial charge in [0.15, 0.2) is 0 Å². The first-order valence-corrected chi connectivity index (χ1v) is 11.5. The van der Waals surface area contributed by atoms with Crippen molar-refractivity contribution in [3.8, 4) is 17.1 Å². The minimum atomic E-state index is -0.802. The fourth-order valence-corrected chi connectivity index (χ4v) is 4.31. The van der Waals surface area contributed by atoms with Crippen LogP contribution in [-0.2, 0) is 4.79 Å². The van der Waals surface area contributed by atoms with Crippen LogP contribution in [0.25, 0.3) is 22.4 Å². The molecular weight excluding hydrogens is 449 g/mol. The first-order valence-electron chi connectivity index (χ1n) is 11.5. The number of aromatic nitrogens is 3. The smallest absolute Gasteiger partial charge is 0.258 e. The number of hydrogen-bond donors (Lipinski definition) is 4. The third kappa shape index (κ3) is 4.98. The number of fused-ring (bicyclic) bond motifs is 1. The lowest BCUT2D eigenvalue weighted by atomic mass is 9.89. The number of nitrogens with one attached hydrogen (secondary N) is 3. The summed E-state index contributed by atoms with van der Waals surface area (Å²) in [6.45, 7) is 0. The lowest BCUT2D eigenvalue weighted by molar-refractivity contribution is -0.120. The summed E-state index contributed by atoms with van der Waals surface area (Å²) in [5.74, 6) is -0.524. The van der Waals surface area contributed by atoms with E-state index in [9.17, 15) is 19.1 Å². The zero-order valence-corrected chi connectivity index (χ0v) is 18.8. The Balaban J connectivity index is 1.28. The van der Waals surface area contributed by atoms with Gasteiger partial charge in [-0.3, -0.25) is 9.59 Å². The molecule has 1 aliphatic carbocycles. The van der Waals surface area contributed by atoms with E-state index >= 15 is 0 Å². The maximum Gasteiger partial charge on any atom is 0.258 e. The van der Waals surface area contributed by atoms with Crippen molar-refractivity contribution in [3.63, 3.8) is 0 Å². The monoisotopic (exact) mass is 473 g/mol. The summed E-state index contributed by atoms with van der Waals surface area (Å²) >= 11 is 0. The van der Waals surface area contributed by atoms with E-state index < -0.39 is 11.7 Å². The van der Waals surface area contributed by atoms with Crippen LogP contribution in [0.15, 0.2) is 54.7 Å².